The van der Waals surface area contributed by atoms with E-state index >= 15 is 0 Å². The normalized spacial score (nSPS) is 11.2. The van der Waals surface area contributed by atoms with E-state index in [4.69, 9.17) is 23.1 Å². The topological polar surface area (TPSA) is 98.2 Å². The number of sulfonamides is 1. The summed E-state index contributed by atoms with van der Waals surface area (Å²) in [6.07, 6.45) is 0.419. The first-order chi connectivity index (χ1) is 8.29. The molecule has 0 aliphatic rings. The minimum Gasteiger partial charge on any atom is -0.389 e. The number of nitrogens with one attached hydrogen (secondary N) is 1. The summed E-state index contributed by atoms with van der Waals surface area (Å²) < 4.78 is 22.4. The Morgan fingerprint density at radius 1 is 1.44 bits per heavy atom. The Labute approximate surface area is 120 Å². The summed E-state index contributed by atoms with van der Waals surface area (Å²) in [6.45, 7) is 0.475. The number of anilines is 1. The molecule has 8 heteroatoms. The molecule has 0 amide bonds. The molecule has 0 saturated carbocycles. The molecule has 1 aromatic carbocycles. The van der Waals surface area contributed by atoms with Gasteiger partial charge in [-0.05, 0) is 24.6 Å². The zero-order valence-electron chi connectivity index (χ0n) is 9.52. The van der Waals surface area contributed by atoms with Crippen LogP contribution in [-0.2, 0) is 10.0 Å². The summed E-state index contributed by atoms with van der Waals surface area (Å²) in [5, 5.41) is 8.00. The molecule has 1 rings (SSSR count). The quantitative estimate of drug-likeness (QED) is 0.527. The van der Waals surface area contributed by atoms with Crippen LogP contribution in [0.3, 0.4) is 0 Å². The predicted molar refractivity (Wildman–Crippen MR) is 81.1 cm³/mol. The molecular formula is C10H14BrN3O2S2. The number of benzene rings is 1. The van der Waals surface area contributed by atoms with Crippen molar-refractivity contribution < 1.29 is 8.42 Å². The smallest absolute Gasteiger partial charge is 0.209 e. The van der Waals surface area contributed by atoms with Crippen molar-refractivity contribution in [1.82, 2.24) is 0 Å². The Kier molecular flexibility index (Phi) is 5.51. The second kappa shape index (κ2) is 6.46. The van der Waals surface area contributed by atoms with Crippen molar-refractivity contribution in [1.29, 1.82) is 0 Å². The largest absolute Gasteiger partial charge is 0.389 e. The lowest BCUT2D eigenvalue weighted by Gasteiger charge is -2.11. The molecule has 0 aliphatic carbocycles. The minimum atomic E-state index is -3.41. The van der Waals surface area contributed by atoms with Crippen molar-refractivity contribution >= 4 is 48.8 Å². The summed E-state index contributed by atoms with van der Waals surface area (Å²) in [7, 11) is -3.41. The molecule has 0 spiro atoms. The number of thiocarbonyl (C=S) groups is 1. The van der Waals surface area contributed by atoms with Gasteiger partial charge in [-0.15, -0.1) is 0 Å². The lowest BCUT2D eigenvalue weighted by molar-refractivity contribution is 0.596. The van der Waals surface area contributed by atoms with E-state index in [1.807, 2.05) is 12.1 Å². The van der Waals surface area contributed by atoms with Gasteiger partial charge in [0, 0.05) is 22.3 Å². The van der Waals surface area contributed by atoms with E-state index < -0.39 is 10.0 Å². The molecule has 0 aliphatic heterocycles. The van der Waals surface area contributed by atoms with E-state index in [0.29, 0.717) is 13.0 Å². The monoisotopic (exact) mass is 351 g/mol. The molecule has 0 atom stereocenters. The zero-order valence-corrected chi connectivity index (χ0v) is 12.7. The van der Waals surface area contributed by atoms with Crippen LogP contribution < -0.4 is 16.2 Å². The molecule has 0 bridgehead atoms. The van der Waals surface area contributed by atoms with Gasteiger partial charge in [-0.25, -0.2) is 13.6 Å². The standard InChI is InChI=1S/C10H14BrN3O2S2/c11-7-2-3-8(10(12)17)9(6-7)14-4-1-5-18(13,15)16/h2-3,6,14H,1,4-5H2,(H2,12,17)(H2,13,15,16). The summed E-state index contributed by atoms with van der Waals surface area (Å²) in [4.78, 5) is 0.288. The lowest BCUT2D eigenvalue weighted by atomic mass is 10.2. The predicted octanol–water partition coefficient (Wildman–Crippen LogP) is 1.17. The number of hydrogen-bond acceptors (Lipinski definition) is 4. The summed E-state index contributed by atoms with van der Waals surface area (Å²) in [5.41, 5.74) is 7.09. The molecular weight excluding hydrogens is 338 g/mol. The molecule has 0 heterocycles. The van der Waals surface area contributed by atoms with Crippen LogP contribution in [0, 0.1) is 0 Å². The Morgan fingerprint density at radius 2 is 2.11 bits per heavy atom. The van der Waals surface area contributed by atoms with Crippen molar-refractivity contribution in [2.24, 2.45) is 10.9 Å². The van der Waals surface area contributed by atoms with Gasteiger partial charge in [-0.3, -0.25) is 0 Å². The third-order valence-electron chi connectivity index (χ3n) is 2.17. The van der Waals surface area contributed by atoms with Crippen molar-refractivity contribution in [2.45, 2.75) is 6.42 Å². The van der Waals surface area contributed by atoms with Crippen LogP contribution >= 0.6 is 28.1 Å². The fourth-order valence-electron chi connectivity index (χ4n) is 1.37. The van der Waals surface area contributed by atoms with Gasteiger partial charge in [-0.1, -0.05) is 28.1 Å². The van der Waals surface area contributed by atoms with Crippen LogP contribution in [-0.4, -0.2) is 25.7 Å². The molecule has 5 N–H and O–H groups in total. The van der Waals surface area contributed by atoms with Crippen molar-refractivity contribution in [2.75, 3.05) is 17.6 Å². The average molecular weight is 352 g/mol. The number of nitrogens with two attached hydrogens (primary N) is 2. The van der Waals surface area contributed by atoms with Crippen LogP contribution in [0.4, 0.5) is 5.69 Å². The van der Waals surface area contributed by atoms with E-state index in [0.717, 1.165) is 15.7 Å². The van der Waals surface area contributed by atoms with Crippen molar-refractivity contribution in [3.8, 4) is 0 Å². The first-order valence-electron chi connectivity index (χ1n) is 5.13. The molecule has 0 fully saturated rings. The number of halogens is 1. The van der Waals surface area contributed by atoms with Crippen LogP contribution in [0.5, 0.6) is 0 Å². The molecule has 100 valence electrons. The highest BCUT2D eigenvalue weighted by atomic mass is 79.9. The van der Waals surface area contributed by atoms with Gasteiger partial charge in [0.15, 0.2) is 0 Å². The maximum Gasteiger partial charge on any atom is 0.209 e. The van der Waals surface area contributed by atoms with Crippen LogP contribution in [0.25, 0.3) is 0 Å². The highest BCUT2D eigenvalue weighted by Crippen LogP contribution is 2.21. The average Bonchev–Trinajstić information content (AvgIpc) is 2.22. The first kappa shape index (κ1) is 15.4. The first-order valence-corrected chi connectivity index (χ1v) is 8.05. The van der Waals surface area contributed by atoms with Crippen LogP contribution in [0.1, 0.15) is 12.0 Å². The van der Waals surface area contributed by atoms with E-state index in [1.54, 1.807) is 6.07 Å². The SMILES string of the molecule is NC(=S)c1ccc(Br)cc1NCCCS(N)(=O)=O. The number of primary sulfonamides is 1. The molecule has 5 nitrogen and oxygen atoms in total. The third-order valence-corrected chi connectivity index (χ3v) is 3.74. The highest BCUT2D eigenvalue weighted by molar-refractivity contribution is 9.10. The zero-order chi connectivity index (χ0) is 13.8. The van der Waals surface area contributed by atoms with Gasteiger partial charge in [-0.2, -0.15) is 0 Å². The molecule has 0 unspecified atom stereocenters. The van der Waals surface area contributed by atoms with E-state index in [2.05, 4.69) is 21.2 Å². The lowest BCUT2D eigenvalue weighted by Crippen LogP contribution is -2.19. The van der Waals surface area contributed by atoms with Gasteiger partial charge >= 0.3 is 0 Å². The van der Waals surface area contributed by atoms with Crippen LogP contribution in [0.2, 0.25) is 0 Å². The molecule has 1 aromatic rings. The van der Waals surface area contributed by atoms with Gasteiger partial charge in [0.2, 0.25) is 10.0 Å². The van der Waals surface area contributed by atoms with Crippen molar-refractivity contribution in [3.05, 3.63) is 28.2 Å². The maximum atomic E-state index is 10.8. The molecule has 0 radical (unpaired) electrons. The van der Waals surface area contributed by atoms with Gasteiger partial charge in [0.1, 0.15) is 4.99 Å². The second-order valence-electron chi connectivity index (χ2n) is 3.70. The van der Waals surface area contributed by atoms with Gasteiger partial charge in [0.05, 0.1) is 5.75 Å². The van der Waals surface area contributed by atoms with Crippen LogP contribution in [0.15, 0.2) is 22.7 Å². The fraction of sp³-hybridized carbons (Fsp3) is 0.300. The highest BCUT2D eigenvalue weighted by Gasteiger charge is 2.06. The maximum absolute atomic E-state index is 10.8. The fourth-order valence-corrected chi connectivity index (χ4v) is 2.46. The van der Waals surface area contributed by atoms with E-state index in [9.17, 15) is 8.42 Å². The van der Waals surface area contributed by atoms with E-state index in [1.165, 1.54) is 0 Å². The third kappa shape index (κ3) is 5.30. The Morgan fingerprint density at radius 3 is 2.67 bits per heavy atom. The minimum absolute atomic E-state index is 0.0591. The van der Waals surface area contributed by atoms with Gasteiger partial charge < -0.3 is 11.1 Å². The molecule has 18 heavy (non-hydrogen) atoms. The van der Waals surface area contributed by atoms with Crippen molar-refractivity contribution in [3.63, 3.8) is 0 Å². The Bertz CT molecular complexity index is 546. The van der Waals surface area contributed by atoms with Gasteiger partial charge in [0.25, 0.3) is 0 Å². The second-order valence-corrected chi connectivity index (χ2v) is 6.79. The number of rotatable bonds is 6. The summed E-state index contributed by atoms with van der Waals surface area (Å²) in [6, 6.07) is 5.48. The summed E-state index contributed by atoms with van der Waals surface area (Å²) >= 11 is 8.28. The molecule has 0 saturated heterocycles. The Balaban J connectivity index is 2.66. The number of hydrogen-bond donors (Lipinski definition) is 3. The van der Waals surface area contributed by atoms with E-state index in [-0.39, 0.29) is 10.7 Å². The molecule has 0 aromatic heterocycles. The summed E-state index contributed by atoms with van der Waals surface area (Å²) in [5.74, 6) is -0.0591. The Hall–Kier alpha value is -0.700.